The van der Waals surface area contributed by atoms with Crippen LogP contribution in [0.25, 0.3) is 0 Å². The van der Waals surface area contributed by atoms with Crippen molar-refractivity contribution in [1.29, 1.82) is 0 Å². The molecule has 2 fully saturated rings. The van der Waals surface area contributed by atoms with Crippen molar-refractivity contribution >= 4 is 56.4 Å². The van der Waals surface area contributed by atoms with Crippen molar-refractivity contribution in [2.45, 2.75) is 88.3 Å². The SMILES string of the molecule is CC(C)Oc1cc2c(cc1Nc1ncc(Cl)c(Nc3ccccc3S(=O)(=O)C(C)C)n1)C(=O)N(C1CCN(C(=O)[C@@H]3CCCN3C)CC1)C2. The smallest absolute Gasteiger partial charge is 0.254 e. The fourth-order valence-electron chi connectivity index (χ4n) is 6.77. The highest BCUT2D eigenvalue weighted by molar-refractivity contribution is 7.92. The topological polar surface area (TPSA) is 137 Å². The number of amides is 2. The number of fused-ring (bicyclic) bond motifs is 1. The van der Waals surface area contributed by atoms with Gasteiger partial charge in [0.25, 0.3) is 5.91 Å². The van der Waals surface area contributed by atoms with Gasteiger partial charge in [-0.05, 0) is 96.8 Å². The highest BCUT2D eigenvalue weighted by Gasteiger charge is 2.38. The minimum Gasteiger partial charge on any atom is -0.489 e. The lowest BCUT2D eigenvalue weighted by molar-refractivity contribution is -0.137. The molecule has 2 N–H and O–H groups in total. The molecule has 0 spiro atoms. The fraction of sp³-hybridized carbons (Fsp3) is 0.486. The average molecular weight is 710 g/mol. The predicted octanol–water partition coefficient (Wildman–Crippen LogP) is 5.63. The van der Waals surface area contributed by atoms with Gasteiger partial charge in [-0.3, -0.25) is 14.5 Å². The van der Waals surface area contributed by atoms with Crippen LogP contribution in [0.15, 0.2) is 47.5 Å². The van der Waals surface area contributed by atoms with Crippen LogP contribution in [0.4, 0.5) is 23.1 Å². The van der Waals surface area contributed by atoms with E-state index in [2.05, 4.69) is 25.5 Å². The van der Waals surface area contributed by atoms with Crippen molar-refractivity contribution in [1.82, 2.24) is 24.7 Å². The molecule has 14 heteroatoms. The lowest BCUT2D eigenvalue weighted by atomic mass is 10.0. The number of sulfone groups is 1. The van der Waals surface area contributed by atoms with Crippen molar-refractivity contribution < 1.29 is 22.7 Å². The standard InChI is InChI=1S/C35H44ClN7O5S/c1-21(2)48-30-17-23-20-43(24-12-15-42(16-13-24)34(45)29-10-8-14-41(29)5)33(44)25(23)18-28(30)39-35-37-19-26(36)32(40-35)38-27-9-6-7-11-31(27)49(46,47)22(3)4/h6-7,9,11,17-19,21-22,24,29H,8,10,12-16,20H2,1-5H3,(H2,37,38,39,40)/t29-/m0/s1. The van der Waals surface area contributed by atoms with Crippen molar-refractivity contribution in [3.05, 3.63) is 58.7 Å². The van der Waals surface area contributed by atoms with E-state index < -0.39 is 15.1 Å². The van der Waals surface area contributed by atoms with Crippen LogP contribution in [0.3, 0.4) is 0 Å². The highest BCUT2D eigenvalue weighted by atomic mass is 35.5. The molecule has 49 heavy (non-hydrogen) atoms. The maximum Gasteiger partial charge on any atom is 0.254 e. The fourth-order valence-corrected chi connectivity index (χ4v) is 8.11. The molecule has 6 rings (SSSR count). The van der Waals surface area contributed by atoms with Crippen molar-refractivity contribution in [3.63, 3.8) is 0 Å². The first-order valence-corrected chi connectivity index (χ1v) is 18.8. The summed E-state index contributed by atoms with van der Waals surface area (Å²) in [6, 6.07) is 10.3. The lowest BCUT2D eigenvalue weighted by Crippen LogP contribution is -2.51. The van der Waals surface area contributed by atoms with Gasteiger partial charge in [-0.15, -0.1) is 0 Å². The normalized spacial score (nSPS) is 18.8. The summed E-state index contributed by atoms with van der Waals surface area (Å²) in [5, 5.41) is 5.86. The molecule has 3 aliphatic rings. The molecule has 3 aromatic rings. The van der Waals surface area contributed by atoms with Gasteiger partial charge in [0.2, 0.25) is 11.9 Å². The Hall–Kier alpha value is -3.94. The van der Waals surface area contributed by atoms with Crippen LogP contribution >= 0.6 is 11.6 Å². The summed E-state index contributed by atoms with van der Waals surface area (Å²) in [7, 11) is -1.57. The van der Waals surface area contributed by atoms with Crippen LogP contribution in [-0.2, 0) is 21.2 Å². The number of nitrogens with zero attached hydrogens (tertiary/aromatic N) is 5. The molecule has 0 unspecified atom stereocenters. The molecule has 2 amide bonds. The number of aromatic nitrogens is 2. The molecule has 2 aromatic carbocycles. The number of carbonyl (C=O) groups excluding carboxylic acids is 2. The second kappa shape index (κ2) is 14.1. The molecule has 0 saturated carbocycles. The summed E-state index contributed by atoms with van der Waals surface area (Å²) in [5.74, 6) is 1.08. The third kappa shape index (κ3) is 7.20. The quantitative estimate of drug-likeness (QED) is 0.273. The Morgan fingerprint density at radius 2 is 1.76 bits per heavy atom. The second-order valence-corrected chi connectivity index (χ2v) is 16.4. The number of nitrogens with one attached hydrogen (secondary N) is 2. The van der Waals surface area contributed by atoms with Crippen LogP contribution in [0.1, 0.15) is 69.3 Å². The Bertz CT molecular complexity index is 1850. The highest BCUT2D eigenvalue weighted by Crippen LogP contribution is 2.38. The zero-order valence-corrected chi connectivity index (χ0v) is 30.1. The summed E-state index contributed by atoms with van der Waals surface area (Å²) < 4.78 is 32.2. The number of halogens is 1. The maximum atomic E-state index is 13.8. The number of hydrogen-bond donors (Lipinski definition) is 2. The Morgan fingerprint density at radius 1 is 1.02 bits per heavy atom. The first kappa shape index (κ1) is 34.9. The third-order valence-corrected chi connectivity index (χ3v) is 12.0. The van der Waals surface area contributed by atoms with Crippen LogP contribution in [0.5, 0.6) is 5.75 Å². The maximum absolute atomic E-state index is 13.8. The number of hydrogen-bond acceptors (Lipinski definition) is 10. The van der Waals surface area contributed by atoms with E-state index in [0.29, 0.717) is 42.3 Å². The number of anilines is 4. The molecule has 0 aliphatic carbocycles. The van der Waals surface area contributed by atoms with Gasteiger partial charge < -0.3 is 25.2 Å². The minimum absolute atomic E-state index is 0.0340. The van der Waals surface area contributed by atoms with Crippen LogP contribution in [0, 0.1) is 0 Å². The minimum atomic E-state index is -3.59. The Balaban J connectivity index is 1.21. The van der Waals surface area contributed by atoms with Crippen LogP contribution < -0.4 is 15.4 Å². The van der Waals surface area contributed by atoms with E-state index in [1.807, 2.05) is 36.8 Å². The van der Waals surface area contributed by atoms with E-state index in [4.69, 9.17) is 16.3 Å². The molecular formula is C35H44ClN7O5S. The van der Waals surface area contributed by atoms with Gasteiger partial charge in [0.15, 0.2) is 15.7 Å². The molecule has 0 radical (unpaired) electrons. The van der Waals surface area contributed by atoms with E-state index in [1.165, 1.54) is 6.20 Å². The summed E-state index contributed by atoms with van der Waals surface area (Å²) >= 11 is 6.47. The number of para-hydroxylation sites is 1. The lowest BCUT2D eigenvalue weighted by Gasteiger charge is -2.38. The Labute approximate surface area is 293 Å². The zero-order chi connectivity index (χ0) is 35.0. The van der Waals surface area contributed by atoms with Crippen molar-refractivity contribution in [3.8, 4) is 5.75 Å². The summed E-state index contributed by atoms with van der Waals surface area (Å²) in [6.45, 7) is 9.81. The van der Waals surface area contributed by atoms with Crippen molar-refractivity contribution in [2.24, 2.45) is 0 Å². The van der Waals surface area contributed by atoms with E-state index in [9.17, 15) is 18.0 Å². The van der Waals surface area contributed by atoms with Crippen LogP contribution in [0.2, 0.25) is 5.02 Å². The van der Waals surface area contributed by atoms with Gasteiger partial charge in [-0.25, -0.2) is 13.4 Å². The van der Waals surface area contributed by atoms with Gasteiger partial charge in [0, 0.05) is 31.2 Å². The third-order valence-electron chi connectivity index (χ3n) is 9.48. The van der Waals surface area contributed by atoms with Crippen molar-refractivity contribution in [2.75, 3.05) is 37.3 Å². The number of benzene rings is 2. The largest absolute Gasteiger partial charge is 0.489 e. The molecule has 0 bridgehead atoms. The monoisotopic (exact) mass is 709 g/mol. The molecule has 4 heterocycles. The zero-order valence-electron chi connectivity index (χ0n) is 28.6. The van der Waals surface area contributed by atoms with Gasteiger partial charge in [-0.2, -0.15) is 4.98 Å². The van der Waals surface area contributed by atoms with E-state index in [1.54, 1.807) is 44.2 Å². The number of likely N-dealkylation sites (tertiary alicyclic amines) is 2. The first-order valence-electron chi connectivity index (χ1n) is 16.9. The number of carbonyl (C=O) groups is 2. The second-order valence-electron chi connectivity index (χ2n) is 13.5. The average Bonchev–Trinajstić information content (AvgIpc) is 3.64. The molecule has 1 atom stereocenters. The first-order chi connectivity index (χ1) is 23.3. The number of piperidine rings is 1. The number of ether oxygens (including phenoxy) is 1. The summed E-state index contributed by atoms with van der Waals surface area (Å²) in [4.78, 5) is 42.0. The van der Waals surface area contributed by atoms with E-state index >= 15 is 0 Å². The van der Waals surface area contributed by atoms with Gasteiger partial charge in [0.05, 0.1) is 39.9 Å². The molecule has 12 nitrogen and oxygen atoms in total. The molecule has 2 saturated heterocycles. The van der Waals surface area contributed by atoms with Gasteiger partial charge in [0.1, 0.15) is 10.8 Å². The molecule has 3 aliphatic heterocycles. The predicted molar refractivity (Wildman–Crippen MR) is 190 cm³/mol. The summed E-state index contributed by atoms with van der Waals surface area (Å²) in [5.41, 5.74) is 2.31. The van der Waals surface area contributed by atoms with Gasteiger partial charge in [-0.1, -0.05) is 23.7 Å². The van der Waals surface area contributed by atoms with E-state index in [-0.39, 0.29) is 51.7 Å². The number of rotatable bonds is 10. The van der Waals surface area contributed by atoms with Gasteiger partial charge >= 0.3 is 0 Å². The molecule has 1 aromatic heterocycles. The van der Waals surface area contributed by atoms with E-state index in [0.717, 1.165) is 37.8 Å². The Morgan fingerprint density at radius 3 is 2.43 bits per heavy atom. The Kier molecular flexibility index (Phi) is 10.1. The molecule has 262 valence electrons. The molecular weight excluding hydrogens is 666 g/mol. The van der Waals surface area contributed by atoms with Crippen LogP contribution in [-0.4, -0.2) is 95.0 Å². The number of likely N-dealkylation sites (N-methyl/N-ethyl adjacent to an activating group) is 1. The summed E-state index contributed by atoms with van der Waals surface area (Å²) in [6.07, 6.45) is 4.70.